The molecule has 0 radical (unpaired) electrons. The molecule has 0 unspecified atom stereocenters. The number of hydrogen-bond donors (Lipinski definition) is 1. The van der Waals surface area contributed by atoms with Crippen molar-refractivity contribution in [3.05, 3.63) is 75.1 Å². The van der Waals surface area contributed by atoms with Crippen molar-refractivity contribution in [2.75, 3.05) is 0 Å². The second kappa shape index (κ2) is 4.62. The van der Waals surface area contributed by atoms with Gasteiger partial charge in [0.1, 0.15) is 0 Å². The van der Waals surface area contributed by atoms with Crippen LogP contribution in [0, 0.1) is 10.1 Å². The van der Waals surface area contributed by atoms with Crippen molar-refractivity contribution in [2.24, 2.45) is 0 Å². The average molecular weight is 266 g/mol. The maximum atomic E-state index is 12.1. The Morgan fingerprint density at radius 1 is 0.950 bits per heavy atom. The van der Waals surface area contributed by atoms with Crippen LogP contribution < -0.4 is 5.56 Å². The lowest BCUT2D eigenvalue weighted by Crippen LogP contribution is -2.09. The van der Waals surface area contributed by atoms with Crippen LogP contribution in [0.5, 0.6) is 0 Å². The molecule has 0 spiro atoms. The first-order chi connectivity index (χ1) is 9.66. The van der Waals surface area contributed by atoms with Gasteiger partial charge in [0.05, 0.1) is 16.1 Å². The number of para-hydroxylation sites is 2. The Morgan fingerprint density at radius 3 is 2.45 bits per heavy atom. The number of nitro benzene ring substituents is 1. The molecule has 0 amide bonds. The zero-order chi connectivity index (χ0) is 14.1. The highest BCUT2D eigenvalue weighted by atomic mass is 16.6. The molecule has 0 saturated carbocycles. The number of rotatable bonds is 2. The number of benzene rings is 2. The number of H-pyrrole nitrogens is 1. The fourth-order valence-corrected chi connectivity index (χ4v) is 2.21. The van der Waals surface area contributed by atoms with Gasteiger partial charge in [-0.2, -0.15) is 0 Å². The van der Waals surface area contributed by atoms with E-state index in [2.05, 4.69) is 4.98 Å². The number of pyridine rings is 1. The Bertz CT molecular complexity index is 868. The number of nitrogens with zero attached hydrogens (tertiary/aromatic N) is 1. The van der Waals surface area contributed by atoms with Crippen molar-refractivity contribution in [1.82, 2.24) is 4.98 Å². The van der Waals surface area contributed by atoms with E-state index in [4.69, 9.17) is 0 Å². The SMILES string of the molecule is O=c1[nH]c2ccccc2cc1-c1ccccc1[N+](=O)[O-]. The van der Waals surface area contributed by atoms with Crippen molar-refractivity contribution in [3.63, 3.8) is 0 Å². The van der Waals surface area contributed by atoms with Gasteiger partial charge in [-0.05, 0) is 23.6 Å². The van der Waals surface area contributed by atoms with E-state index >= 15 is 0 Å². The predicted molar refractivity (Wildman–Crippen MR) is 76.7 cm³/mol. The quantitative estimate of drug-likeness (QED) is 0.572. The Balaban J connectivity index is 2.33. The topological polar surface area (TPSA) is 76.0 Å². The minimum absolute atomic E-state index is 0.0757. The van der Waals surface area contributed by atoms with E-state index in [1.807, 2.05) is 18.2 Å². The summed E-state index contributed by atoms with van der Waals surface area (Å²) in [6.45, 7) is 0. The van der Waals surface area contributed by atoms with Crippen LogP contribution in [0.1, 0.15) is 0 Å². The second-order valence-electron chi connectivity index (χ2n) is 4.37. The van der Waals surface area contributed by atoms with Crippen LogP contribution in [-0.4, -0.2) is 9.91 Å². The molecule has 3 rings (SSSR count). The number of nitrogens with one attached hydrogen (secondary N) is 1. The summed E-state index contributed by atoms with van der Waals surface area (Å²) in [7, 11) is 0. The fraction of sp³-hybridized carbons (Fsp3) is 0. The van der Waals surface area contributed by atoms with Crippen LogP contribution in [0.2, 0.25) is 0 Å². The lowest BCUT2D eigenvalue weighted by Gasteiger charge is -2.04. The van der Waals surface area contributed by atoms with Gasteiger partial charge >= 0.3 is 0 Å². The lowest BCUT2D eigenvalue weighted by atomic mass is 10.0. The van der Waals surface area contributed by atoms with Crippen LogP contribution >= 0.6 is 0 Å². The summed E-state index contributed by atoms with van der Waals surface area (Å²) in [5, 5.41) is 11.9. The van der Waals surface area contributed by atoms with E-state index in [1.165, 1.54) is 6.07 Å². The molecule has 0 bridgehead atoms. The molecule has 5 nitrogen and oxygen atoms in total. The van der Waals surface area contributed by atoms with Crippen LogP contribution in [0.3, 0.4) is 0 Å². The molecule has 2 aromatic carbocycles. The zero-order valence-electron chi connectivity index (χ0n) is 10.4. The van der Waals surface area contributed by atoms with Gasteiger partial charge in [0, 0.05) is 11.6 Å². The van der Waals surface area contributed by atoms with E-state index in [0.717, 1.165) is 5.39 Å². The van der Waals surface area contributed by atoms with Gasteiger partial charge in [0.15, 0.2) is 0 Å². The van der Waals surface area contributed by atoms with Gasteiger partial charge in [-0.3, -0.25) is 14.9 Å². The summed E-state index contributed by atoms with van der Waals surface area (Å²) in [5.41, 5.74) is 0.923. The first-order valence-electron chi connectivity index (χ1n) is 6.02. The maximum absolute atomic E-state index is 12.1. The zero-order valence-corrected chi connectivity index (χ0v) is 10.4. The van der Waals surface area contributed by atoms with Crippen molar-refractivity contribution >= 4 is 16.6 Å². The minimum atomic E-state index is -0.482. The first-order valence-corrected chi connectivity index (χ1v) is 6.02. The van der Waals surface area contributed by atoms with Crippen molar-refractivity contribution < 1.29 is 4.92 Å². The molecule has 0 aliphatic rings. The molecule has 1 heterocycles. The molecule has 1 aromatic heterocycles. The number of fused-ring (bicyclic) bond motifs is 1. The molecule has 0 atom stereocenters. The number of hydrogen-bond acceptors (Lipinski definition) is 3. The monoisotopic (exact) mass is 266 g/mol. The van der Waals surface area contributed by atoms with Crippen LogP contribution in [0.15, 0.2) is 59.4 Å². The molecule has 98 valence electrons. The second-order valence-corrected chi connectivity index (χ2v) is 4.37. The number of aromatic nitrogens is 1. The van der Waals surface area contributed by atoms with Crippen LogP contribution in [-0.2, 0) is 0 Å². The van der Waals surface area contributed by atoms with Gasteiger partial charge in [-0.1, -0.05) is 30.3 Å². The molecule has 0 fully saturated rings. The highest BCUT2D eigenvalue weighted by Crippen LogP contribution is 2.28. The third-order valence-corrected chi connectivity index (χ3v) is 3.14. The molecule has 0 aliphatic heterocycles. The standard InChI is InChI=1S/C15H10N2O3/c18-15-12(9-10-5-1-3-7-13(10)16-15)11-6-2-4-8-14(11)17(19)20/h1-9H,(H,16,18). The summed E-state index contributed by atoms with van der Waals surface area (Å²) in [6.07, 6.45) is 0. The summed E-state index contributed by atoms with van der Waals surface area (Å²) in [5.74, 6) is 0. The smallest absolute Gasteiger partial charge is 0.277 e. The summed E-state index contributed by atoms with van der Waals surface area (Å²) in [6, 6.07) is 15.2. The molecule has 5 heteroatoms. The Morgan fingerprint density at radius 2 is 1.65 bits per heavy atom. The number of nitro groups is 1. The van der Waals surface area contributed by atoms with Gasteiger partial charge in [-0.15, -0.1) is 0 Å². The number of aromatic amines is 1. The summed E-state index contributed by atoms with van der Waals surface area (Å²) < 4.78 is 0. The molecule has 20 heavy (non-hydrogen) atoms. The Hall–Kier alpha value is -2.95. The Labute approximate surface area is 113 Å². The Kier molecular flexibility index (Phi) is 2.80. The van der Waals surface area contributed by atoms with Crippen molar-refractivity contribution in [3.8, 4) is 11.1 Å². The van der Waals surface area contributed by atoms with Gasteiger partial charge in [0.25, 0.3) is 11.2 Å². The van der Waals surface area contributed by atoms with Crippen LogP contribution in [0.4, 0.5) is 5.69 Å². The summed E-state index contributed by atoms with van der Waals surface area (Å²) >= 11 is 0. The van der Waals surface area contributed by atoms with Crippen molar-refractivity contribution in [1.29, 1.82) is 0 Å². The third-order valence-electron chi connectivity index (χ3n) is 3.14. The third kappa shape index (κ3) is 1.95. The van der Waals surface area contributed by atoms with E-state index in [-0.39, 0.29) is 11.2 Å². The molecule has 0 saturated heterocycles. The first kappa shape index (κ1) is 12.1. The van der Waals surface area contributed by atoms with Crippen molar-refractivity contribution in [2.45, 2.75) is 0 Å². The van der Waals surface area contributed by atoms with E-state index in [0.29, 0.717) is 16.6 Å². The van der Waals surface area contributed by atoms with Gasteiger partial charge in [0.2, 0.25) is 0 Å². The predicted octanol–water partition coefficient (Wildman–Crippen LogP) is 3.10. The van der Waals surface area contributed by atoms with E-state index < -0.39 is 4.92 Å². The lowest BCUT2D eigenvalue weighted by molar-refractivity contribution is -0.384. The molecular weight excluding hydrogens is 256 g/mol. The fourth-order valence-electron chi connectivity index (χ4n) is 2.21. The normalized spacial score (nSPS) is 10.6. The van der Waals surface area contributed by atoms with E-state index in [1.54, 1.807) is 30.3 Å². The maximum Gasteiger partial charge on any atom is 0.277 e. The van der Waals surface area contributed by atoms with Crippen LogP contribution in [0.25, 0.3) is 22.0 Å². The highest BCUT2D eigenvalue weighted by Gasteiger charge is 2.17. The van der Waals surface area contributed by atoms with Gasteiger partial charge < -0.3 is 4.98 Å². The highest BCUT2D eigenvalue weighted by molar-refractivity contribution is 5.85. The van der Waals surface area contributed by atoms with Gasteiger partial charge in [-0.25, -0.2) is 0 Å². The average Bonchev–Trinajstić information content (AvgIpc) is 2.46. The largest absolute Gasteiger partial charge is 0.321 e. The molecule has 0 aliphatic carbocycles. The molecular formula is C15H10N2O3. The minimum Gasteiger partial charge on any atom is -0.321 e. The molecule has 1 N–H and O–H groups in total. The summed E-state index contributed by atoms with van der Waals surface area (Å²) in [4.78, 5) is 25.5. The molecule has 3 aromatic rings. The van der Waals surface area contributed by atoms with E-state index in [9.17, 15) is 14.9 Å².